The van der Waals surface area contributed by atoms with Crippen molar-refractivity contribution in [2.75, 3.05) is 39.3 Å². The minimum Gasteiger partial charge on any atom is -0.493 e. The Kier molecular flexibility index (Phi) is 10.0. The van der Waals surface area contributed by atoms with Gasteiger partial charge in [-0.25, -0.2) is 10.3 Å². The number of carbonyl (C=O) groups excluding carboxylic acids is 2. The monoisotopic (exact) mass is 651 g/mol. The first-order chi connectivity index (χ1) is 21.5. The summed E-state index contributed by atoms with van der Waals surface area (Å²) in [5, 5.41) is 10.2. The van der Waals surface area contributed by atoms with Crippen LogP contribution in [0.5, 0.6) is 5.75 Å². The number of amidine groups is 1. The van der Waals surface area contributed by atoms with Crippen LogP contribution in [0, 0.1) is 0 Å². The Labute approximate surface area is 274 Å². The van der Waals surface area contributed by atoms with Crippen LogP contribution in [0.4, 0.5) is 4.79 Å². The Balaban J connectivity index is 1.62. The maximum Gasteiger partial charge on any atom is 0.326 e. The number of nitrogens with one attached hydrogen (secondary N) is 1. The van der Waals surface area contributed by atoms with Crippen LogP contribution < -0.4 is 10.2 Å². The molecule has 2 atom stereocenters. The summed E-state index contributed by atoms with van der Waals surface area (Å²) in [5.41, 5.74) is 5.21. The quantitative estimate of drug-likeness (QED) is 0.225. The normalized spacial score (nSPS) is 19.0. The van der Waals surface area contributed by atoms with Gasteiger partial charge in [-0.3, -0.25) is 24.8 Å². The van der Waals surface area contributed by atoms with E-state index in [1.807, 2.05) is 72.5 Å². The van der Waals surface area contributed by atoms with Gasteiger partial charge in [0.15, 0.2) is 0 Å². The van der Waals surface area contributed by atoms with Gasteiger partial charge in [0.05, 0.1) is 24.8 Å². The molecule has 45 heavy (non-hydrogen) atoms. The highest BCUT2D eigenvalue weighted by molar-refractivity contribution is 6.30. The van der Waals surface area contributed by atoms with Crippen LogP contribution in [0.1, 0.15) is 62.0 Å². The molecule has 3 amide bonds. The van der Waals surface area contributed by atoms with Crippen LogP contribution in [0.15, 0.2) is 71.7 Å². The zero-order chi connectivity index (χ0) is 32.3. The summed E-state index contributed by atoms with van der Waals surface area (Å²) >= 11 is 12.6. The minimum atomic E-state index is -0.487. The van der Waals surface area contributed by atoms with Crippen molar-refractivity contribution in [1.82, 2.24) is 20.2 Å². The van der Waals surface area contributed by atoms with Gasteiger partial charge in [0.25, 0.3) is 5.91 Å². The highest BCUT2D eigenvalue weighted by Gasteiger charge is 2.45. The molecule has 2 unspecified atom stereocenters. The second-order valence-corrected chi connectivity index (χ2v) is 13.2. The third kappa shape index (κ3) is 7.28. The molecule has 11 heteroatoms. The molecule has 2 aliphatic heterocycles. The molecule has 1 fully saturated rings. The summed E-state index contributed by atoms with van der Waals surface area (Å²) in [6, 6.07) is 20.1. The topological polar surface area (TPSA) is 97.7 Å². The SMILES string of the molecule is CCOc1cc(C(C)(C)C)ccc1C1=NC(c2ccc(Cl)cc2)C(c2ccc(Cl)cc2)N1C(=O)N1CCN(CC(=O)NO)CC1. The van der Waals surface area contributed by atoms with Gasteiger partial charge >= 0.3 is 6.03 Å². The zero-order valence-electron chi connectivity index (χ0n) is 26.0. The summed E-state index contributed by atoms with van der Waals surface area (Å²) < 4.78 is 6.20. The summed E-state index contributed by atoms with van der Waals surface area (Å²) in [6.45, 7) is 10.7. The van der Waals surface area contributed by atoms with Gasteiger partial charge in [0.2, 0.25) is 0 Å². The van der Waals surface area contributed by atoms with Gasteiger partial charge in [0, 0.05) is 36.2 Å². The largest absolute Gasteiger partial charge is 0.493 e. The van der Waals surface area contributed by atoms with Crippen molar-refractivity contribution in [3.05, 3.63) is 99.0 Å². The van der Waals surface area contributed by atoms with E-state index in [1.165, 1.54) is 0 Å². The van der Waals surface area contributed by atoms with E-state index >= 15 is 0 Å². The fourth-order valence-corrected chi connectivity index (χ4v) is 6.04. The number of aliphatic imine (C=N–C) groups is 1. The second kappa shape index (κ2) is 13.8. The van der Waals surface area contributed by atoms with E-state index in [0.717, 1.165) is 22.3 Å². The molecule has 1 saturated heterocycles. The molecule has 5 rings (SSSR count). The molecule has 2 heterocycles. The number of hydroxylamine groups is 1. The molecule has 2 aliphatic rings. The average molecular weight is 653 g/mol. The molecule has 0 aliphatic carbocycles. The lowest BCUT2D eigenvalue weighted by atomic mass is 9.86. The van der Waals surface area contributed by atoms with Gasteiger partial charge in [-0.2, -0.15) is 0 Å². The standard InChI is InChI=1S/C34H39Cl2N5O4/c1-5-45-28-20-24(34(2,3)4)10-15-27(28)32-37-30(22-6-11-25(35)12-7-22)31(23-8-13-26(36)14-9-23)41(32)33(43)40-18-16-39(17-19-40)21-29(42)38-44/h6-15,20,30-31,44H,5,16-19,21H2,1-4H3,(H,38,42). The fraction of sp³-hybridized carbons (Fsp3) is 0.382. The average Bonchev–Trinajstić information content (AvgIpc) is 3.41. The maximum atomic E-state index is 14.7. The van der Waals surface area contributed by atoms with Crippen molar-refractivity contribution in [2.45, 2.75) is 45.2 Å². The molecule has 238 valence electrons. The van der Waals surface area contributed by atoms with E-state index in [0.29, 0.717) is 54.4 Å². The molecular formula is C34H39Cl2N5O4. The Morgan fingerprint density at radius 3 is 2.09 bits per heavy atom. The van der Waals surface area contributed by atoms with E-state index in [9.17, 15) is 9.59 Å². The van der Waals surface area contributed by atoms with Crippen LogP contribution in [0.25, 0.3) is 0 Å². The molecule has 0 saturated carbocycles. The Morgan fingerprint density at radius 1 is 0.933 bits per heavy atom. The number of halogens is 2. The van der Waals surface area contributed by atoms with Crippen molar-refractivity contribution < 1.29 is 19.5 Å². The highest BCUT2D eigenvalue weighted by atomic mass is 35.5. The molecule has 0 spiro atoms. The summed E-state index contributed by atoms with van der Waals surface area (Å²) in [6.07, 6.45) is 0. The third-order valence-electron chi connectivity index (χ3n) is 8.22. The van der Waals surface area contributed by atoms with E-state index in [-0.39, 0.29) is 18.0 Å². The molecule has 0 aromatic heterocycles. The van der Waals surface area contributed by atoms with Crippen molar-refractivity contribution in [3.8, 4) is 5.75 Å². The number of ether oxygens (including phenoxy) is 1. The predicted molar refractivity (Wildman–Crippen MR) is 176 cm³/mol. The molecule has 3 aromatic rings. The van der Waals surface area contributed by atoms with Crippen LogP contribution in [0.3, 0.4) is 0 Å². The Hall–Kier alpha value is -3.63. The third-order valence-corrected chi connectivity index (χ3v) is 8.72. The molecular weight excluding hydrogens is 613 g/mol. The van der Waals surface area contributed by atoms with Crippen LogP contribution in [0.2, 0.25) is 10.0 Å². The smallest absolute Gasteiger partial charge is 0.326 e. The summed E-state index contributed by atoms with van der Waals surface area (Å²) in [7, 11) is 0. The molecule has 0 radical (unpaired) electrons. The highest BCUT2D eigenvalue weighted by Crippen LogP contribution is 2.46. The molecule has 0 bridgehead atoms. The van der Waals surface area contributed by atoms with Crippen LogP contribution in [-0.2, 0) is 10.2 Å². The van der Waals surface area contributed by atoms with E-state index < -0.39 is 18.0 Å². The number of urea groups is 1. The molecule has 2 N–H and O–H groups in total. The van der Waals surface area contributed by atoms with Gasteiger partial charge in [-0.15, -0.1) is 0 Å². The van der Waals surface area contributed by atoms with Crippen LogP contribution >= 0.6 is 23.2 Å². The van der Waals surface area contributed by atoms with Crippen molar-refractivity contribution in [3.63, 3.8) is 0 Å². The first-order valence-electron chi connectivity index (χ1n) is 15.1. The minimum absolute atomic E-state index is 0.0544. The second-order valence-electron chi connectivity index (χ2n) is 12.3. The van der Waals surface area contributed by atoms with E-state index in [2.05, 4.69) is 26.8 Å². The van der Waals surface area contributed by atoms with Gasteiger partial charge in [-0.05, 0) is 65.4 Å². The predicted octanol–water partition coefficient (Wildman–Crippen LogP) is 6.48. The number of amides is 3. The van der Waals surface area contributed by atoms with Gasteiger partial charge in [-0.1, -0.05) is 74.3 Å². The number of carbonyl (C=O) groups is 2. The Morgan fingerprint density at radius 2 is 1.53 bits per heavy atom. The zero-order valence-corrected chi connectivity index (χ0v) is 27.5. The van der Waals surface area contributed by atoms with Crippen molar-refractivity contribution in [1.29, 1.82) is 0 Å². The van der Waals surface area contributed by atoms with E-state index in [1.54, 1.807) is 15.3 Å². The molecule has 3 aromatic carbocycles. The van der Waals surface area contributed by atoms with Crippen molar-refractivity contribution >= 4 is 41.0 Å². The fourth-order valence-electron chi connectivity index (χ4n) is 5.79. The van der Waals surface area contributed by atoms with Crippen molar-refractivity contribution in [2.24, 2.45) is 4.99 Å². The lowest BCUT2D eigenvalue weighted by Crippen LogP contribution is -2.55. The number of nitrogens with zero attached hydrogens (tertiary/aromatic N) is 4. The maximum absolute atomic E-state index is 14.7. The van der Waals surface area contributed by atoms with Gasteiger partial charge in [0.1, 0.15) is 17.6 Å². The number of benzene rings is 3. The van der Waals surface area contributed by atoms with Crippen LogP contribution in [-0.4, -0.2) is 77.0 Å². The number of rotatable bonds is 7. The lowest BCUT2D eigenvalue weighted by Gasteiger charge is -2.39. The van der Waals surface area contributed by atoms with Gasteiger partial charge < -0.3 is 9.64 Å². The summed E-state index contributed by atoms with van der Waals surface area (Å²) in [4.78, 5) is 37.2. The first kappa shape index (κ1) is 32.8. The lowest BCUT2D eigenvalue weighted by molar-refractivity contribution is -0.130. The molecule has 9 nitrogen and oxygen atoms in total. The number of piperazine rings is 1. The number of hydrogen-bond acceptors (Lipinski definition) is 6. The Bertz CT molecular complexity index is 1550. The first-order valence-corrected chi connectivity index (χ1v) is 15.9. The summed E-state index contributed by atoms with van der Waals surface area (Å²) in [5.74, 6) is 0.693. The van der Waals surface area contributed by atoms with E-state index in [4.69, 9.17) is 38.1 Å². The number of hydrogen-bond donors (Lipinski definition) is 2.